The number of benzene rings is 1. The van der Waals surface area contributed by atoms with Gasteiger partial charge in [0.1, 0.15) is 5.82 Å². The predicted octanol–water partition coefficient (Wildman–Crippen LogP) is 1.97. The molecule has 35 heavy (non-hydrogen) atoms. The molecule has 2 N–H and O–H groups in total. The Bertz CT molecular complexity index is 1280. The number of halogens is 3. The maximum absolute atomic E-state index is 12.8. The first-order chi connectivity index (χ1) is 16.4. The molecule has 1 aromatic heterocycles. The van der Waals surface area contributed by atoms with Crippen LogP contribution < -0.4 is 21.9 Å². The van der Waals surface area contributed by atoms with Gasteiger partial charge >= 0.3 is 17.8 Å². The second kappa shape index (κ2) is 10.2. The van der Waals surface area contributed by atoms with E-state index in [-0.39, 0.29) is 23.6 Å². The Balaban J connectivity index is 1.68. The summed E-state index contributed by atoms with van der Waals surface area (Å²) in [6, 6.07) is 3.92. The molecule has 0 bridgehead atoms. The van der Waals surface area contributed by atoms with Crippen LogP contribution in [0.5, 0.6) is 0 Å². The highest BCUT2D eigenvalue weighted by atomic mass is 19.4. The average Bonchev–Trinajstić information content (AvgIpc) is 3.11. The molecular weight excluding hydrogens is 473 g/mol. The monoisotopic (exact) mass is 496 g/mol. The number of aromatic nitrogens is 2. The molecule has 1 aliphatic rings. The lowest BCUT2D eigenvalue weighted by Gasteiger charge is -2.13. The van der Waals surface area contributed by atoms with Crippen molar-refractivity contribution in [2.24, 2.45) is 7.05 Å². The third-order valence-electron chi connectivity index (χ3n) is 5.43. The van der Waals surface area contributed by atoms with E-state index in [1.54, 1.807) is 0 Å². The van der Waals surface area contributed by atoms with Crippen LogP contribution in [-0.2, 0) is 38.9 Å². The molecule has 0 aliphatic carbocycles. The number of alkyl halides is 3. The lowest BCUT2D eigenvalue weighted by molar-refractivity contribution is -0.148. The van der Waals surface area contributed by atoms with Crippen molar-refractivity contribution in [3.05, 3.63) is 56.2 Å². The Hall–Kier alpha value is -3.90. The fourth-order valence-corrected chi connectivity index (χ4v) is 3.64. The summed E-state index contributed by atoms with van der Waals surface area (Å²) < 4.78 is 45.4. The van der Waals surface area contributed by atoms with Gasteiger partial charge in [0.05, 0.1) is 23.5 Å². The Morgan fingerprint density at radius 2 is 1.91 bits per heavy atom. The van der Waals surface area contributed by atoms with Crippen LogP contribution in [0.2, 0.25) is 0 Å². The number of hydrogen-bond donors (Lipinski definition) is 2. The summed E-state index contributed by atoms with van der Waals surface area (Å²) in [6.45, 7) is 1.36. The smallest absolute Gasteiger partial charge is 0.416 e. The lowest BCUT2D eigenvalue weighted by atomic mass is 9.99. The largest absolute Gasteiger partial charge is 0.456 e. The van der Waals surface area contributed by atoms with Gasteiger partial charge in [-0.25, -0.2) is 4.79 Å². The van der Waals surface area contributed by atoms with E-state index in [0.717, 1.165) is 29.2 Å². The zero-order chi connectivity index (χ0) is 25.9. The first-order valence-corrected chi connectivity index (χ1v) is 10.7. The molecule has 188 valence electrons. The second-order valence-corrected chi connectivity index (χ2v) is 7.95. The molecule has 0 fully saturated rings. The van der Waals surface area contributed by atoms with E-state index >= 15 is 0 Å². The van der Waals surface area contributed by atoms with Crippen molar-refractivity contribution in [2.75, 3.05) is 17.2 Å². The molecule has 2 heterocycles. The highest BCUT2D eigenvalue weighted by Crippen LogP contribution is 2.32. The predicted molar refractivity (Wildman–Crippen MR) is 118 cm³/mol. The molecular formula is C22H23F3N4O6. The van der Waals surface area contributed by atoms with E-state index in [1.165, 1.54) is 17.7 Å². The number of fused-ring (bicyclic) bond motifs is 1. The number of nitrogens with zero attached hydrogens (tertiary/aromatic N) is 2. The maximum Gasteiger partial charge on any atom is 0.416 e. The molecule has 1 aliphatic heterocycles. The van der Waals surface area contributed by atoms with Crippen LogP contribution in [0.4, 0.5) is 24.7 Å². The first-order valence-electron chi connectivity index (χ1n) is 10.7. The standard InChI is InChI=1S/C22H23F3N4O6/c1-3-4-8-29-18-17(20(33)28(2)21(29)34)14(19(32)27-18)10-16(31)35-11-15(30)26-13-7-5-6-12(9-13)22(23,24)25/h5-7,9,14H,3-4,8,10-11H2,1-2H3,(H,26,30)(H,27,32)/t14-/m1/s1. The van der Waals surface area contributed by atoms with Gasteiger partial charge in [-0.1, -0.05) is 19.4 Å². The number of unbranched alkanes of at least 4 members (excludes halogenated alkanes) is 1. The molecule has 1 atom stereocenters. The number of hydrogen-bond acceptors (Lipinski definition) is 6. The fourth-order valence-electron chi connectivity index (χ4n) is 3.64. The zero-order valence-corrected chi connectivity index (χ0v) is 18.9. The quantitative estimate of drug-likeness (QED) is 0.538. The van der Waals surface area contributed by atoms with Gasteiger partial charge in [0, 0.05) is 19.3 Å². The van der Waals surface area contributed by atoms with Crippen LogP contribution in [0.25, 0.3) is 0 Å². The van der Waals surface area contributed by atoms with Crippen LogP contribution >= 0.6 is 0 Å². The summed E-state index contributed by atoms with van der Waals surface area (Å²) in [5.41, 5.74) is -2.47. The van der Waals surface area contributed by atoms with Crippen molar-refractivity contribution in [1.29, 1.82) is 0 Å². The second-order valence-electron chi connectivity index (χ2n) is 7.95. The maximum atomic E-state index is 12.8. The van der Waals surface area contributed by atoms with Gasteiger partial charge in [-0.3, -0.25) is 28.3 Å². The van der Waals surface area contributed by atoms with Gasteiger partial charge in [0.2, 0.25) is 5.91 Å². The van der Waals surface area contributed by atoms with E-state index in [4.69, 9.17) is 4.74 Å². The number of amides is 2. The minimum atomic E-state index is -4.59. The molecule has 3 rings (SSSR count). The number of carbonyl (C=O) groups excluding carboxylic acids is 3. The molecule has 13 heteroatoms. The van der Waals surface area contributed by atoms with Crippen molar-refractivity contribution in [2.45, 2.75) is 44.8 Å². The van der Waals surface area contributed by atoms with E-state index < -0.39 is 59.7 Å². The summed E-state index contributed by atoms with van der Waals surface area (Å²) in [4.78, 5) is 62.0. The number of nitrogens with one attached hydrogen (secondary N) is 2. The van der Waals surface area contributed by atoms with Gasteiger partial charge < -0.3 is 15.4 Å². The van der Waals surface area contributed by atoms with E-state index in [1.807, 2.05) is 6.92 Å². The highest BCUT2D eigenvalue weighted by Gasteiger charge is 2.38. The molecule has 1 aromatic carbocycles. The molecule has 10 nitrogen and oxygen atoms in total. The summed E-state index contributed by atoms with van der Waals surface area (Å²) in [5, 5.41) is 4.68. The van der Waals surface area contributed by atoms with Crippen molar-refractivity contribution in [1.82, 2.24) is 9.13 Å². The van der Waals surface area contributed by atoms with Gasteiger partial charge in [0.15, 0.2) is 6.61 Å². The molecule has 0 spiro atoms. The Labute approximate surface area is 196 Å². The minimum absolute atomic E-state index is 0.0386. The van der Waals surface area contributed by atoms with Gasteiger partial charge in [0.25, 0.3) is 11.5 Å². The number of esters is 1. The van der Waals surface area contributed by atoms with Gasteiger partial charge in [-0.2, -0.15) is 13.2 Å². The first kappa shape index (κ1) is 25.7. The average molecular weight is 496 g/mol. The van der Waals surface area contributed by atoms with E-state index in [2.05, 4.69) is 10.6 Å². The number of anilines is 2. The summed E-state index contributed by atoms with van der Waals surface area (Å²) in [7, 11) is 1.27. The Morgan fingerprint density at radius 1 is 1.20 bits per heavy atom. The van der Waals surface area contributed by atoms with E-state index in [0.29, 0.717) is 6.42 Å². The van der Waals surface area contributed by atoms with Gasteiger partial charge in [-0.05, 0) is 24.6 Å². The normalized spacial score (nSPS) is 14.9. The number of carbonyl (C=O) groups is 3. The molecule has 0 unspecified atom stereocenters. The Morgan fingerprint density at radius 3 is 2.57 bits per heavy atom. The highest BCUT2D eigenvalue weighted by molar-refractivity contribution is 6.03. The lowest BCUT2D eigenvalue weighted by Crippen LogP contribution is -2.40. The van der Waals surface area contributed by atoms with Crippen LogP contribution in [0.3, 0.4) is 0 Å². The van der Waals surface area contributed by atoms with E-state index in [9.17, 15) is 37.1 Å². The number of ether oxygens (including phenoxy) is 1. The summed E-state index contributed by atoms with van der Waals surface area (Å²) >= 11 is 0. The topological polar surface area (TPSA) is 128 Å². The molecule has 2 aromatic rings. The SMILES string of the molecule is CCCCn1c2c(c(=O)n(C)c1=O)[C@@H](CC(=O)OCC(=O)Nc1cccc(C(F)(F)F)c1)C(=O)N2. The fraction of sp³-hybridized carbons (Fsp3) is 0.409. The van der Waals surface area contributed by atoms with Crippen LogP contribution in [-0.4, -0.2) is 33.5 Å². The molecule has 0 saturated carbocycles. The van der Waals surface area contributed by atoms with Crippen molar-refractivity contribution in [3.8, 4) is 0 Å². The van der Waals surface area contributed by atoms with Gasteiger partial charge in [-0.15, -0.1) is 0 Å². The third-order valence-corrected chi connectivity index (χ3v) is 5.43. The van der Waals surface area contributed by atoms with Crippen LogP contribution in [0, 0.1) is 0 Å². The molecule has 0 saturated heterocycles. The molecule has 2 amide bonds. The number of rotatable bonds is 8. The van der Waals surface area contributed by atoms with Crippen LogP contribution in [0.15, 0.2) is 33.9 Å². The van der Waals surface area contributed by atoms with Crippen molar-refractivity contribution < 1.29 is 32.3 Å². The Kier molecular flexibility index (Phi) is 7.46. The summed E-state index contributed by atoms with van der Waals surface area (Å²) in [6.07, 6.45) is -3.79. The van der Waals surface area contributed by atoms with Crippen molar-refractivity contribution >= 4 is 29.3 Å². The van der Waals surface area contributed by atoms with Crippen LogP contribution in [0.1, 0.15) is 43.2 Å². The minimum Gasteiger partial charge on any atom is -0.456 e. The zero-order valence-electron chi connectivity index (χ0n) is 18.9. The third kappa shape index (κ3) is 5.61. The molecule has 0 radical (unpaired) electrons. The van der Waals surface area contributed by atoms with Crippen molar-refractivity contribution in [3.63, 3.8) is 0 Å². The summed E-state index contributed by atoms with van der Waals surface area (Å²) in [5.74, 6) is -3.73.